The Morgan fingerprint density at radius 1 is 1.14 bits per heavy atom. The summed E-state index contributed by atoms with van der Waals surface area (Å²) in [5.74, 6) is 0. The first-order valence-electron chi connectivity index (χ1n) is 7.59. The summed E-state index contributed by atoms with van der Waals surface area (Å²) >= 11 is 6.24. The molecule has 1 aromatic heterocycles. The van der Waals surface area contributed by atoms with Crippen LogP contribution in [0.25, 0.3) is 11.3 Å². The van der Waals surface area contributed by atoms with Crippen molar-refractivity contribution in [3.63, 3.8) is 0 Å². The fraction of sp³-hybridized carbons (Fsp3) is 0.412. The molecule has 21 heavy (non-hydrogen) atoms. The lowest BCUT2D eigenvalue weighted by molar-refractivity contribution is 0.112. The zero-order valence-corrected chi connectivity index (χ0v) is 12.7. The molecule has 0 bridgehead atoms. The van der Waals surface area contributed by atoms with E-state index in [1.807, 2.05) is 35.1 Å². The molecule has 4 heteroatoms. The molecule has 3 rings (SSSR count). The van der Waals surface area contributed by atoms with Crippen LogP contribution in [0.2, 0.25) is 5.02 Å². The van der Waals surface area contributed by atoms with Crippen molar-refractivity contribution in [1.29, 1.82) is 0 Å². The molecule has 0 aliphatic heterocycles. The lowest BCUT2D eigenvalue weighted by atomic mass is 10.1. The number of carbonyl (C=O) groups is 1. The van der Waals surface area contributed by atoms with E-state index in [9.17, 15) is 4.79 Å². The van der Waals surface area contributed by atoms with Gasteiger partial charge in [-0.15, -0.1) is 0 Å². The minimum atomic E-state index is 0.405. The molecule has 0 unspecified atom stereocenters. The summed E-state index contributed by atoms with van der Waals surface area (Å²) in [5, 5.41) is 5.31. The van der Waals surface area contributed by atoms with Crippen LogP contribution in [0.4, 0.5) is 0 Å². The molecule has 1 aliphatic carbocycles. The average Bonchev–Trinajstić information content (AvgIpc) is 2.74. The van der Waals surface area contributed by atoms with E-state index < -0.39 is 0 Å². The van der Waals surface area contributed by atoms with Crippen LogP contribution in [0.5, 0.6) is 0 Å². The van der Waals surface area contributed by atoms with Gasteiger partial charge in [0.15, 0.2) is 6.29 Å². The molecule has 0 spiro atoms. The summed E-state index contributed by atoms with van der Waals surface area (Å²) in [6.07, 6.45) is 10.1. The number of halogens is 1. The quantitative estimate of drug-likeness (QED) is 0.596. The van der Waals surface area contributed by atoms with Gasteiger partial charge in [0, 0.05) is 11.8 Å². The SMILES string of the molecule is O=Cc1cn(C2CCCCCC2)nc1-c1ccccc1Cl. The smallest absolute Gasteiger partial charge is 0.153 e. The van der Waals surface area contributed by atoms with Gasteiger partial charge in [-0.2, -0.15) is 5.10 Å². The predicted octanol–water partition coefficient (Wildman–Crippen LogP) is 4.91. The highest BCUT2D eigenvalue weighted by Crippen LogP contribution is 2.32. The van der Waals surface area contributed by atoms with Crippen molar-refractivity contribution in [2.45, 2.75) is 44.6 Å². The van der Waals surface area contributed by atoms with Crippen LogP contribution < -0.4 is 0 Å². The van der Waals surface area contributed by atoms with E-state index in [4.69, 9.17) is 11.6 Å². The Bertz CT molecular complexity index is 627. The third-order valence-electron chi connectivity index (χ3n) is 4.22. The van der Waals surface area contributed by atoms with Crippen LogP contribution in [0.15, 0.2) is 30.5 Å². The second-order valence-corrected chi connectivity index (χ2v) is 6.06. The molecule has 0 radical (unpaired) electrons. The summed E-state index contributed by atoms with van der Waals surface area (Å²) in [7, 11) is 0. The van der Waals surface area contributed by atoms with Gasteiger partial charge in [-0.1, -0.05) is 55.5 Å². The highest BCUT2D eigenvalue weighted by molar-refractivity contribution is 6.33. The normalized spacial score (nSPS) is 16.6. The average molecular weight is 303 g/mol. The minimum absolute atomic E-state index is 0.405. The lowest BCUT2D eigenvalue weighted by Crippen LogP contribution is -2.08. The van der Waals surface area contributed by atoms with E-state index in [0.29, 0.717) is 22.3 Å². The van der Waals surface area contributed by atoms with Gasteiger partial charge < -0.3 is 0 Å². The first kappa shape index (κ1) is 14.3. The van der Waals surface area contributed by atoms with Crippen molar-refractivity contribution in [2.75, 3.05) is 0 Å². The molecule has 0 N–H and O–H groups in total. The zero-order chi connectivity index (χ0) is 14.7. The molecule has 0 atom stereocenters. The maximum atomic E-state index is 11.4. The van der Waals surface area contributed by atoms with E-state index in [1.54, 1.807) is 0 Å². The van der Waals surface area contributed by atoms with Crippen molar-refractivity contribution in [1.82, 2.24) is 9.78 Å². The third-order valence-corrected chi connectivity index (χ3v) is 4.54. The van der Waals surface area contributed by atoms with Gasteiger partial charge in [-0.05, 0) is 18.9 Å². The number of carbonyl (C=O) groups excluding carboxylic acids is 1. The number of aromatic nitrogens is 2. The Labute approximate surface area is 129 Å². The van der Waals surface area contributed by atoms with Crippen molar-refractivity contribution in [3.8, 4) is 11.3 Å². The van der Waals surface area contributed by atoms with Crippen molar-refractivity contribution in [2.24, 2.45) is 0 Å². The largest absolute Gasteiger partial charge is 0.298 e. The van der Waals surface area contributed by atoms with Crippen LogP contribution in [-0.4, -0.2) is 16.1 Å². The summed E-state index contributed by atoms with van der Waals surface area (Å²) in [4.78, 5) is 11.4. The molecule has 1 saturated carbocycles. The summed E-state index contributed by atoms with van der Waals surface area (Å²) in [5.41, 5.74) is 2.14. The van der Waals surface area contributed by atoms with E-state index in [2.05, 4.69) is 5.10 Å². The molecule has 1 aliphatic rings. The summed E-state index contributed by atoms with van der Waals surface area (Å²) < 4.78 is 1.98. The lowest BCUT2D eigenvalue weighted by Gasteiger charge is -2.14. The molecule has 2 aromatic rings. The topological polar surface area (TPSA) is 34.9 Å². The van der Waals surface area contributed by atoms with Crippen LogP contribution >= 0.6 is 11.6 Å². The van der Waals surface area contributed by atoms with Crippen molar-refractivity contribution < 1.29 is 4.79 Å². The minimum Gasteiger partial charge on any atom is -0.298 e. The summed E-state index contributed by atoms with van der Waals surface area (Å²) in [6.45, 7) is 0. The Morgan fingerprint density at radius 2 is 1.86 bits per heavy atom. The monoisotopic (exact) mass is 302 g/mol. The fourth-order valence-corrected chi connectivity index (χ4v) is 3.29. The molecule has 1 heterocycles. The molecular formula is C17H19ClN2O. The fourth-order valence-electron chi connectivity index (χ4n) is 3.06. The van der Waals surface area contributed by atoms with Gasteiger partial charge in [0.25, 0.3) is 0 Å². The van der Waals surface area contributed by atoms with Gasteiger partial charge in [0.1, 0.15) is 5.69 Å². The third kappa shape index (κ3) is 3.03. The number of nitrogens with zero attached hydrogens (tertiary/aromatic N) is 2. The predicted molar refractivity (Wildman–Crippen MR) is 84.8 cm³/mol. The van der Waals surface area contributed by atoms with Crippen LogP contribution in [0.1, 0.15) is 54.9 Å². The number of hydrogen-bond acceptors (Lipinski definition) is 2. The Hall–Kier alpha value is -1.61. The zero-order valence-electron chi connectivity index (χ0n) is 12.0. The highest BCUT2D eigenvalue weighted by Gasteiger charge is 2.19. The van der Waals surface area contributed by atoms with E-state index in [0.717, 1.165) is 24.7 Å². The maximum Gasteiger partial charge on any atom is 0.153 e. The van der Waals surface area contributed by atoms with Crippen LogP contribution in [0, 0.1) is 0 Å². The highest BCUT2D eigenvalue weighted by atomic mass is 35.5. The molecule has 110 valence electrons. The molecule has 1 aromatic carbocycles. The molecule has 1 fully saturated rings. The van der Waals surface area contributed by atoms with Crippen molar-refractivity contribution in [3.05, 3.63) is 41.0 Å². The standard InChI is InChI=1S/C17H19ClN2O/c18-16-10-6-5-9-15(16)17-13(12-21)11-20(19-17)14-7-3-1-2-4-8-14/h5-6,9-12,14H,1-4,7-8H2. The Morgan fingerprint density at radius 3 is 2.52 bits per heavy atom. The van der Waals surface area contributed by atoms with Crippen LogP contribution in [-0.2, 0) is 0 Å². The second kappa shape index (κ2) is 6.44. The maximum absolute atomic E-state index is 11.4. The molecule has 3 nitrogen and oxygen atoms in total. The molecule has 0 saturated heterocycles. The van der Waals surface area contributed by atoms with E-state index in [-0.39, 0.29) is 0 Å². The first-order chi connectivity index (χ1) is 10.3. The number of hydrogen-bond donors (Lipinski definition) is 0. The Balaban J connectivity index is 1.98. The van der Waals surface area contributed by atoms with Crippen molar-refractivity contribution >= 4 is 17.9 Å². The summed E-state index contributed by atoms with van der Waals surface area (Å²) in [6, 6.07) is 7.95. The molecule has 0 amide bonds. The number of aldehydes is 1. The van der Waals surface area contributed by atoms with Gasteiger partial charge >= 0.3 is 0 Å². The van der Waals surface area contributed by atoms with E-state index in [1.165, 1.54) is 25.7 Å². The van der Waals surface area contributed by atoms with Crippen LogP contribution in [0.3, 0.4) is 0 Å². The van der Waals surface area contributed by atoms with Gasteiger partial charge in [0.05, 0.1) is 16.6 Å². The first-order valence-corrected chi connectivity index (χ1v) is 7.96. The van der Waals surface area contributed by atoms with E-state index >= 15 is 0 Å². The second-order valence-electron chi connectivity index (χ2n) is 5.66. The number of benzene rings is 1. The van der Waals surface area contributed by atoms with Gasteiger partial charge in [0.2, 0.25) is 0 Å². The molecular weight excluding hydrogens is 284 g/mol. The van der Waals surface area contributed by atoms with Gasteiger partial charge in [-0.3, -0.25) is 9.48 Å². The Kier molecular flexibility index (Phi) is 4.39. The van der Waals surface area contributed by atoms with Gasteiger partial charge in [-0.25, -0.2) is 0 Å². The number of rotatable bonds is 3.